The Kier molecular flexibility index (Phi) is 6.35. The van der Waals surface area contributed by atoms with E-state index in [9.17, 15) is 4.79 Å². The van der Waals surface area contributed by atoms with Crippen molar-refractivity contribution in [2.24, 2.45) is 0 Å². The van der Waals surface area contributed by atoms with Gasteiger partial charge in [0.05, 0.1) is 15.8 Å². The summed E-state index contributed by atoms with van der Waals surface area (Å²) in [5.41, 5.74) is 0.489. The molecule has 2 aromatic heterocycles. The lowest BCUT2D eigenvalue weighted by atomic mass is 10.1. The highest BCUT2D eigenvalue weighted by molar-refractivity contribution is 7.99. The van der Waals surface area contributed by atoms with E-state index in [1.54, 1.807) is 22.6 Å². The van der Waals surface area contributed by atoms with Crippen molar-refractivity contribution in [1.82, 2.24) is 24.6 Å². The van der Waals surface area contributed by atoms with Crippen molar-refractivity contribution in [1.29, 1.82) is 0 Å². The Morgan fingerprint density at radius 1 is 1.11 bits per heavy atom. The monoisotopic (exact) mass is 425 g/mol. The Bertz CT molecular complexity index is 979. The molecule has 0 unspecified atom stereocenters. The molecule has 0 spiro atoms. The number of nitrogens with one attached hydrogen (secondary N) is 2. The fourth-order valence-corrected chi connectivity index (χ4v) is 3.40. The van der Waals surface area contributed by atoms with E-state index in [-0.39, 0.29) is 11.5 Å². The van der Waals surface area contributed by atoms with Crippen LogP contribution >= 0.6 is 35.0 Å². The largest absolute Gasteiger partial charge is 0.355 e. The van der Waals surface area contributed by atoms with Gasteiger partial charge in [0.2, 0.25) is 11.9 Å². The summed E-state index contributed by atoms with van der Waals surface area (Å²) < 4.78 is 1.69. The molecule has 0 saturated heterocycles. The second-order valence-electron chi connectivity index (χ2n) is 5.39. The van der Waals surface area contributed by atoms with Crippen molar-refractivity contribution in [2.75, 3.05) is 29.5 Å². The molecule has 0 amide bonds. The van der Waals surface area contributed by atoms with Gasteiger partial charge in [-0.1, -0.05) is 35.0 Å². The van der Waals surface area contributed by atoms with Gasteiger partial charge in [0.15, 0.2) is 10.9 Å². The summed E-state index contributed by atoms with van der Waals surface area (Å²) in [7, 11) is 0. The fraction of sp³-hybridized carbons (Fsp3) is 0.312. The number of aromatic nitrogens is 5. The van der Waals surface area contributed by atoms with Gasteiger partial charge in [-0.15, -0.1) is 10.2 Å². The number of nitrogens with zero attached hydrogens (tertiary/aromatic N) is 5. The van der Waals surface area contributed by atoms with E-state index >= 15 is 0 Å². The van der Waals surface area contributed by atoms with Crippen LogP contribution < -0.4 is 10.6 Å². The molecular formula is C16H17Cl2N7OS. The van der Waals surface area contributed by atoms with Crippen molar-refractivity contribution in [3.63, 3.8) is 0 Å². The first-order valence-corrected chi connectivity index (χ1v) is 9.99. The highest BCUT2D eigenvalue weighted by Gasteiger charge is 2.16. The second-order valence-corrected chi connectivity index (χ2v) is 7.15. The number of anilines is 2. The van der Waals surface area contributed by atoms with Gasteiger partial charge in [0.25, 0.3) is 5.78 Å². The molecule has 2 N–H and O–H groups in total. The highest BCUT2D eigenvalue weighted by atomic mass is 35.5. The van der Waals surface area contributed by atoms with Gasteiger partial charge in [-0.3, -0.25) is 4.79 Å². The first-order valence-electron chi connectivity index (χ1n) is 8.25. The number of hydrogen-bond acceptors (Lipinski definition) is 8. The van der Waals surface area contributed by atoms with Gasteiger partial charge in [0, 0.05) is 18.7 Å². The Morgan fingerprint density at radius 2 is 1.89 bits per heavy atom. The van der Waals surface area contributed by atoms with E-state index in [4.69, 9.17) is 23.2 Å². The average Bonchev–Trinajstić information content (AvgIpc) is 3.06. The minimum Gasteiger partial charge on any atom is -0.355 e. The van der Waals surface area contributed by atoms with Crippen molar-refractivity contribution in [3.05, 3.63) is 33.8 Å². The number of rotatable bonds is 8. The molecule has 0 saturated carbocycles. The van der Waals surface area contributed by atoms with Crippen molar-refractivity contribution in [2.45, 2.75) is 19.0 Å². The van der Waals surface area contributed by atoms with Crippen LogP contribution in [0.3, 0.4) is 0 Å². The zero-order valence-electron chi connectivity index (χ0n) is 14.7. The van der Waals surface area contributed by atoms with Gasteiger partial charge in [-0.2, -0.15) is 9.97 Å². The first-order chi connectivity index (χ1) is 13.0. The number of Topliss-reactive ketones (excluding diaryl/α,β-unsaturated/α-hetero) is 1. The maximum Gasteiger partial charge on any atom is 0.261 e. The first kappa shape index (κ1) is 19.7. The van der Waals surface area contributed by atoms with Crippen molar-refractivity contribution < 1.29 is 4.79 Å². The average molecular weight is 426 g/mol. The lowest BCUT2D eigenvalue weighted by Gasteiger charge is -2.09. The molecule has 0 atom stereocenters. The highest BCUT2D eigenvalue weighted by Crippen LogP contribution is 2.25. The molecule has 0 aliphatic carbocycles. The van der Waals surface area contributed by atoms with Crippen LogP contribution in [0.1, 0.15) is 24.2 Å². The van der Waals surface area contributed by atoms with Crippen LogP contribution in [0.2, 0.25) is 10.0 Å². The lowest BCUT2D eigenvalue weighted by Crippen LogP contribution is -2.12. The van der Waals surface area contributed by atoms with Crippen LogP contribution in [-0.2, 0) is 0 Å². The molecule has 11 heteroatoms. The quantitative estimate of drug-likeness (QED) is 0.416. The van der Waals surface area contributed by atoms with Crippen molar-refractivity contribution in [3.8, 4) is 0 Å². The maximum atomic E-state index is 12.5. The number of carbonyl (C=O) groups excluding carboxylic acids is 1. The van der Waals surface area contributed by atoms with Crippen LogP contribution in [0.5, 0.6) is 0 Å². The SMILES string of the molecule is CCNc1nc(NCC)n2c(SCC(=O)c3ccc(Cl)c(Cl)c3)nnc2n1. The number of ketones is 1. The molecule has 0 aliphatic rings. The van der Waals surface area contributed by atoms with Gasteiger partial charge in [-0.25, -0.2) is 4.40 Å². The van der Waals surface area contributed by atoms with E-state index in [0.717, 1.165) is 0 Å². The zero-order valence-corrected chi connectivity index (χ0v) is 17.0. The third-order valence-corrected chi connectivity index (χ3v) is 5.16. The van der Waals surface area contributed by atoms with Crippen LogP contribution in [0.15, 0.2) is 23.4 Å². The zero-order chi connectivity index (χ0) is 19.4. The number of fused-ring (bicyclic) bond motifs is 1. The third-order valence-electron chi connectivity index (χ3n) is 3.49. The van der Waals surface area contributed by atoms with E-state index in [2.05, 4.69) is 30.8 Å². The number of benzene rings is 1. The van der Waals surface area contributed by atoms with Gasteiger partial charge in [-0.05, 0) is 32.0 Å². The smallest absolute Gasteiger partial charge is 0.261 e. The van der Waals surface area contributed by atoms with Gasteiger partial charge in [0.1, 0.15) is 0 Å². The van der Waals surface area contributed by atoms with Crippen LogP contribution in [0.25, 0.3) is 5.78 Å². The predicted octanol–water partition coefficient (Wildman–Crippen LogP) is 3.66. The maximum absolute atomic E-state index is 12.5. The Hall–Kier alpha value is -2.10. The molecular weight excluding hydrogens is 409 g/mol. The van der Waals surface area contributed by atoms with Crippen molar-refractivity contribution >= 4 is 58.4 Å². The normalized spacial score (nSPS) is 11.0. The van der Waals surface area contributed by atoms with E-state index in [0.29, 0.717) is 51.5 Å². The summed E-state index contributed by atoms with van der Waals surface area (Å²) in [6, 6.07) is 4.81. The molecule has 0 aliphatic heterocycles. The van der Waals surface area contributed by atoms with Crippen LogP contribution in [-0.4, -0.2) is 49.2 Å². The molecule has 1 aromatic carbocycles. The summed E-state index contributed by atoms with van der Waals surface area (Å²) in [6.45, 7) is 5.28. The molecule has 3 aromatic rings. The molecule has 3 rings (SSSR count). The molecule has 27 heavy (non-hydrogen) atoms. The molecule has 8 nitrogen and oxygen atoms in total. The number of carbonyl (C=O) groups is 1. The minimum absolute atomic E-state index is 0.0921. The summed E-state index contributed by atoms with van der Waals surface area (Å²) in [6.07, 6.45) is 0. The summed E-state index contributed by atoms with van der Waals surface area (Å²) in [5, 5.41) is 15.7. The predicted molar refractivity (Wildman–Crippen MR) is 108 cm³/mol. The number of hydrogen-bond donors (Lipinski definition) is 2. The summed E-state index contributed by atoms with van der Waals surface area (Å²) >= 11 is 13.1. The Labute approximate surface area is 170 Å². The van der Waals surface area contributed by atoms with Gasteiger partial charge >= 0.3 is 0 Å². The summed E-state index contributed by atoms with van der Waals surface area (Å²) in [4.78, 5) is 21.2. The number of thioether (sulfide) groups is 1. The van der Waals surface area contributed by atoms with E-state index in [1.807, 2.05) is 13.8 Å². The molecule has 0 bridgehead atoms. The fourth-order valence-electron chi connectivity index (χ4n) is 2.28. The Balaban J connectivity index is 1.84. The van der Waals surface area contributed by atoms with E-state index < -0.39 is 0 Å². The third kappa shape index (κ3) is 4.42. The molecule has 2 heterocycles. The standard InChI is InChI=1S/C16H17Cl2N7OS/c1-3-19-13-21-14(20-4-2)25-15(22-13)23-24-16(25)27-8-12(26)9-5-6-10(17)11(18)7-9/h5-7H,3-4,8H2,1-2H3,(H2,19,20,21,22,23). The lowest BCUT2D eigenvalue weighted by molar-refractivity contribution is 0.102. The topological polar surface area (TPSA) is 97.1 Å². The van der Waals surface area contributed by atoms with E-state index in [1.165, 1.54) is 11.8 Å². The van der Waals surface area contributed by atoms with Crippen LogP contribution in [0.4, 0.5) is 11.9 Å². The molecule has 0 radical (unpaired) electrons. The number of halogens is 2. The van der Waals surface area contributed by atoms with Crippen LogP contribution in [0, 0.1) is 0 Å². The summed E-state index contributed by atoms with van der Waals surface area (Å²) in [5.74, 6) is 1.51. The second kappa shape index (κ2) is 8.73. The Morgan fingerprint density at radius 3 is 2.59 bits per heavy atom. The minimum atomic E-state index is -0.0921. The molecule has 142 valence electrons. The molecule has 0 fully saturated rings. The van der Waals surface area contributed by atoms with Gasteiger partial charge < -0.3 is 10.6 Å².